The van der Waals surface area contributed by atoms with Crippen molar-refractivity contribution in [1.29, 1.82) is 0 Å². The van der Waals surface area contributed by atoms with Crippen LogP contribution in [0.15, 0.2) is 0 Å². The summed E-state index contributed by atoms with van der Waals surface area (Å²) in [7, 11) is -3.29. The summed E-state index contributed by atoms with van der Waals surface area (Å²) in [5, 5.41) is -0.854. The molecule has 3 aliphatic heterocycles. The molecule has 0 spiro atoms. The fraction of sp³-hybridized carbons (Fsp3) is 0.900. The second kappa shape index (κ2) is 5.94. The van der Waals surface area contributed by atoms with Gasteiger partial charge in [0.25, 0.3) is 0 Å². The fourth-order valence-electron chi connectivity index (χ4n) is 5.87. The number of sulfone groups is 1. The Balaban J connectivity index is 1.48. The molecule has 7 heteroatoms. The van der Waals surface area contributed by atoms with Crippen molar-refractivity contribution < 1.29 is 18.0 Å². The zero-order chi connectivity index (χ0) is 19.8. The minimum absolute atomic E-state index is 0.0206. The first-order valence-corrected chi connectivity index (χ1v) is 12.0. The van der Waals surface area contributed by atoms with E-state index < -0.39 is 15.1 Å². The van der Waals surface area contributed by atoms with E-state index >= 15 is 0 Å². The Kier molecular flexibility index (Phi) is 4.23. The van der Waals surface area contributed by atoms with Crippen molar-refractivity contribution >= 4 is 21.7 Å². The predicted octanol–water partition coefficient (Wildman–Crippen LogP) is 1.84. The predicted molar refractivity (Wildman–Crippen MR) is 103 cm³/mol. The monoisotopic (exact) mass is 396 g/mol. The van der Waals surface area contributed by atoms with Gasteiger partial charge in [-0.2, -0.15) is 0 Å². The molecule has 4 rings (SSSR count). The van der Waals surface area contributed by atoms with Crippen LogP contribution >= 0.6 is 0 Å². The maximum absolute atomic E-state index is 13.5. The highest BCUT2D eigenvalue weighted by Gasteiger charge is 2.59. The number of nitrogens with zero attached hydrogens (tertiary/aromatic N) is 2. The van der Waals surface area contributed by atoms with Gasteiger partial charge in [0.05, 0.1) is 23.3 Å². The Labute approximate surface area is 162 Å². The molecule has 1 aliphatic carbocycles. The van der Waals surface area contributed by atoms with Crippen LogP contribution in [0.5, 0.6) is 0 Å². The lowest BCUT2D eigenvalue weighted by atomic mass is 9.65. The third-order valence-corrected chi connectivity index (χ3v) is 10.8. The summed E-state index contributed by atoms with van der Waals surface area (Å²) >= 11 is 0. The number of likely N-dealkylation sites (tertiary alicyclic amines) is 2. The summed E-state index contributed by atoms with van der Waals surface area (Å²) in [4.78, 5) is 30.1. The minimum atomic E-state index is -3.29. The number of fused-ring (bicyclic) bond motifs is 2. The molecule has 4 fully saturated rings. The van der Waals surface area contributed by atoms with Crippen molar-refractivity contribution in [2.75, 3.05) is 18.8 Å². The van der Waals surface area contributed by atoms with E-state index in [0.29, 0.717) is 31.8 Å². The Morgan fingerprint density at radius 3 is 2.11 bits per heavy atom. The van der Waals surface area contributed by atoms with Crippen molar-refractivity contribution in [2.45, 2.75) is 77.1 Å². The molecule has 152 valence electrons. The quantitative estimate of drug-likeness (QED) is 0.714. The fourth-order valence-corrected chi connectivity index (χ4v) is 7.69. The Morgan fingerprint density at radius 1 is 1.00 bits per heavy atom. The van der Waals surface area contributed by atoms with Gasteiger partial charge in [0, 0.05) is 13.1 Å². The number of rotatable bonds is 2. The van der Waals surface area contributed by atoms with Crippen LogP contribution in [0, 0.1) is 16.7 Å². The van der Waals surface area contributed by atoms with Crippen LogP contribution in [0.1, 0.15) is 59.8 Å². The third kappa shape index (κ3) is 2.60. The minimum Gasteiger partial charge on any atom is -0.335 e. The lowest BCUT2D eigenvalue weighted by Crippen LogP contribution is -2.57. The normalized spacial score (nSPS) is 42.1. The van der Waals surface area contributed by atoms with Crippen LogP contribution in [0.3, 0.4) is 0 Å². The van der Waals surface area contributed by atoms with Crippen molar-refractivity contribution in [1.82, 2.24) is 9.80 Å². The molecular weight excluding hydrogens is 364 g/mol. The Morgan fingerprint density at radius 2 is 1.63 bits per heavy atom. The Hall–Kier alpha value is -1.11. The molecule has 0 aromatic heterocycles. The molecule has 2 bridgehead atoms. The highest BCUT2D eigenvalue weighted by molar-refractivity contribution is 7.93. The summed E-state index contributed by atoms with van der Waals surface area (Å²) in [5.74, 6) is 0.636. The molecule has 3 saturated heterocycles. The number of hydrogen-bond acceptors (Lipinski definition) is 4. The van der Waals surface area contributed by atoms with Gasteiger partial charge in [-0.15, -0.1) is 0 Å². The van der Waals surface area contributed by atoms with E-state index in [1.54, 1.807) is 4.90 Å². The second-order valence-electron chi connectivity index (χ2n) is 9.98. The van der Waals surface area contributed by atoms with Crippen LogP contribution in [0.4, 0.5) is 0 Å². The van der Waals surface area contributed by atoms with Crippen molar-refractivity contribution in [3.05, 3.63) is 0 Å². The first-order chi connectivity index (χ1) is 12.5. The first kappa shape index (κ1) is 19.2. The van der Waals surface area contributed by atoms with Crippen LogP contribution in [0.2, 0.25) is 0 Å². The number of piperazine rings is 1. The molecule has 2 amide bonds. The second-order valence-corrected chi connectivity index (χ2v) is 12.3. The van der Waals surface area contributed by atoms with Crippen molar-refractivity contribution in [3.8, 4) is 0 Å². The van der Waals surface area contributed by atoms with Gasteiger partial charge in [-0.25, -0.2) is 8.42 Å². The third-order valence-electron chi connectivity index (χ3n) is 8.59. The van der Waals surface area contributed by atoms with Crippen molar-refractivity contribution in [2.24, 2.45) is 16.7 Å². The molecule has 4 aliphatic rings. The number of amides is 2. The average molecular weight is 397 g/mol. The molecule has 0 aromatic rings. The van der Waals surface area contributed by atoms with Gasteiger partial charge in [-0.3, -0.25) is 9.59 Å². The van der Waals surface area contributed by atoms with Crippen LogP contribution in [-0.2, 0) is 19.4 Å². The van der Waals surface area contributed by atoms with E-state index in [1.165, 1.54) is 0 Å². The zero-order valence-corrected chi connectivity index (χ0v) is 17.7. The van der Waals surface area contributed by atoms with E-state index in [-0.39, 0.29) is 40.5 Å². The molecule has 0 N–H and O–H groups in total. The highest BCUT2D eigenvalue weighted by atomic mass is 32.2. The van der Waals surface area contributed by atoms with Gasteiger partial charge in [0.15, 0.2) is 9.84 Å². The summed E-state index contributed by atoms with van der Waals surface area (Å²) in [6, 6.07) is 0.0203. The Bertz CT molecular complexity index is 777. The molecule has 1 saturated carbocycles. The van der Waals surface area contributed by atoms with Crippen LogP contribution < -0.4 is 0 Å². The lowest BCUT2D eigenvalue weighted by molar-refractivity contribution is -0.151. The van der Waals surface area contributed by atoms with Gasteiger partial charge in [-0.1, -0.05) is 27.7 Å². The standard InChI is InChI=1S/C20H32N2O4S/c1-13-7-8-20(4,19(13,2)3)18(24)22-12-14-10-15(22)11-21(14)17(23)16-6-5-9-27(16,25)26/h13-16H,5-12H2,1-4H3/t13-,14-,15-,16?,20-/m0/s1. The largest absolute Gasteiger partial charge is 0.335 e. The molecule has 6 nitrogen and oxygen atoms in total. The molecule has 0 radical (unpaired) electrons. The molecule has 0 aromatic carbocycles. The molecular formula is C20H32N2O4S. The maximum Gasteiger partial charge on any atom is 0.241 e. The van der Waals surface area contributed by atoms with Crippen molar-refractivity contribution in [3.63, 3.8) is 0 Å². The summed E-state index contributed by atoms with van der Waals surface area (Å²) in [6.07, 6.45) is 3.80. The van der Waals surface area contributed by atoms with Gasteiger partial charge >= 0.3 is 0 Å². The topological polar surface area (TPSA) is 74.8 Å². The molecule has 27 heavy (non-hydrogen) atoms. The van der Waals surface area contributed by atoms with Crippen LogP contribution in [-0.4, -0.2) is 66.2 Å². The smallest absolute Gasteiger partial charge is 0.241 e. The number of carbonyl (C=O) groups excluding carboxylic acids is 2. The SMILES string of the molecule is C[C@H]1CC[C@@](C)(C(=O)N2C[C@@H]3C[C@H]2CN3C(=O)C2CCCS2(=O)=O)C1(C)C. The van der Waals surface area contributed by atoms with Gasteiger partial charge in [-0.05, 0) is 43.4 Å². The summed E-state index contributed by atoms with van der Waals surface area (Å²) in [5.41, 5.74) is -0.403. The van der Waals surface area contributed by atoms with E-state index in [2.05, 4.69) is 27.7 Å². The maximum atomic E-state index is 13.5. The number of hydrogen-bond donors (Lipinski definition) is 0. The summed E-state index contributed by atoms with van der Waals surface area (Å²) < 4.78 is 24.3. The van der Waals surface area contributed by atoms with Gasteiger partial charge in [0.1, 0.15) is 5.25 Å². The highest BCUT2D eigenvalue weighted by Crippen LogP contribution is 2.57. The molecule has 5 atom stereocenters. The molecule has 3 heterocycles. The molecule has 1 unspecified atom stereocenters. The van der Waals surface area contributed by atoms with Crippen LogP contribution in [0.25, 0.3) is 0 Å². The van der Waals surface area contributed by atoms with E-state index in [9.17, 15) is 18.0 Å². The summed E-state index contributed by atoms with van der Waals surface area (Å²) in [6.45, 7) is 9.81. The van der Waals surface area contributed by atoms with E-state index in [4.69, 9.17) is 0 Å². The van der Waals surface area contributed by atoms with Gasteiger partial charge in [0.2, 0.25) is 11.8 Å². The van der Waals surface area contributed by atoms with E-state index in [0.717, 1.165) is 19.3 Å². The number of carbonyl (C=O) groups is 2. The van der Waals surface area contributed by atoms with Gasteiger partial charge < -0.3 is 9.80 Å². The zero-order valence-electron chi connectivity index (χ0n) is 16.9. The first-order valence-electron chi connectivity index (χ1n) is 10.3. The lowest BCUT2D eigenvalue weighted by Gasteiger charge is -2.45. The average Bonchev–Trinajstić information content (AvgIpc) is 3.33. The van der Waals surface area contributed by atoms with E-state index in [1.807, 2.05) is 4.90 Å².